The minimum Gasteiger partial charge on any atom is -0.489 e. The van der Waals surface area contributed by atoms with Crippen molar-refractivity contribution in [2.24, 2.45) is 0 Å². The maximum absolute atomic E-state index is 5.88. The smallest absolute Gasteiger partial charge is 0.119 e. The van der Waals surface area contributed by atoms with Gasteiger partial charge in [0, 0.05) is 15.7 Å². The van der Waals surface area contributed by atoms with Crippen molar-refractivity contribution in [2.75, 3.05) is 5.73 Å². The highest BCUT2D eigenvalue weighted by Crippen LogP contribution is 2.24. The summed E-state index contributed by atoms with van der Waals surface area (Å²) in [4.78, 5) is 0. The summed E-state index contributed by atoms with van der Waals surface area (Å²) >= 11 is 3.46. The van der Waals surface area contributed by atoms with Crippen LogP contribution in [0.4, 0.5) is 5.69 Å². The van der Waals surface area contributed by atoms with Gasteiger partial charge in [0.1, 0.15) is 12.4 Å². The van der Waals surface area contributed by atoms with Crippen LogP contribution in [0.1, 0.15) is 5.56 Å². The molecule has 2 aromatic rings. The van der Waals surface area contributed by atoms with Crippen molar-refractivity contribution < 1.29 is 4.74 Å². The highest BCUT2D eigenvalue weighted by atomic mass is 79.9. The van der Waals surface area contributed by atoms with Gasteiger partial charge >= 0.3 is 0 Å². The van der Waals surface area contributed by atoms with Crippen LogP contribution in [0.2, 0.25) is 0 Å². The van der Waals surface area contributed by atoms with Crippen LogP contribution in [0, 0.1) is 0 Å². The van der Waals surface area contributed by atoms with Gasteiger partial charge in [-0.1, -0.05) is 40.2 Å². The summed E-state index contributed by atoms with van der Waals surface area (Å²) in [7, 11) is 0. The first-order chi connectivity index (χ1) is 7.77. The Kier molecular flexibility index (Phi) is 3.47. The minimum absolute atomic E-state index is 0.470. The molecule has 0 aliphatic heterocycles. The Hall–Kier alpha value is -1.48. The molecule has 0 aliphatic rings. The standard InChI is InChI=1S/C13H12BrNO/c14-12-7-4-8-13(15)11(12)9-16-10-5-2-1-3-6-10/h1-8H,9,15H2. The normalized spacial score (nSPS) is 10.1. The number of benzene rings is 2. The van der Waals surface area contributed by atoms with Crippen molar-refractivity contribution in [1.29, 1.82) is 0 Å². The van der Waals surface area contributed by atoms with E-state index in [1.165, 1.54) is 0 Å². The number of nitrogen functional groups attached to an aromatic ring is 1. The molecule has 0 aliphatic carbocycles. The Bertz CT molecular complexity index is 450. The molecule has 0 amide bonds. The van der Waals surface area contributed by atoms with Crippen LogP contribution in [0.5, 0.6) is 5.75 Å². The third-order valence-electron chi connectivity index (χ3n) is 2.28. The second kappa shape index (κ2) is 5.03. The van der Waals surface area contributed by atoms with Crippen molar-refractivity contribution >= 4 is 21.6 Å². The van der Waals surface area contributed by atoms with Crippen LogP contribution < -0.4 is 10.5 Å². The summed E-state index contributed by atoms with van der Waals surface area (Å²) in [6, 6.07) is 15.4. The molecule has 0 spiro atoms. The first kappa shape index (κ1) is 11.0. The van der Waals surface area contributed by atoms with Gasteiger partial charge < -0.3 is 10.5 Å². The summed E-state index contributed by atoms with van der Waals surface area (Å²) in [5, 5.41) is 0. The molecular formula is C13H12BrNO. The van der Waals surface area contributed by atoms with Gasteiger partial charge in [-0.2, -0.15) is 0 Å². The largest absolute Gasteiger partial charge is 0.489 e. The zero-order valence-electron chi connectivity index (χ0n) is 8.69. The topological polar surface area (TPSA) is 35.2 Å². The van der Waals surface area contributed by atoms with E-state index < -0.39 is 0 Å². The van der Waals surface area contributed by atoms with E-state index in [0.29, 0.717) is 6.61 Å². The van der Waals surface area contributed by atoms with E-state index in [4.69, 9.17) is 10.5 Å². The van der Waals surface area contributed by atoms with Gasteiger partial charge in [-0.25, -0.2) is 0 Å². The quantitative estimate of drug-likeness (QED) is 0.870. The molecule has 0 saturated carbocycles. The number of para-hydroxylation sites is 1. The van der Waals surface area contributed by atoms with Crippen molar-refractivity contribution in [3.63, 3.8) is 0 Å². The summed E-state index contributed by atoms with van der Waals surface area (Å²) in [5.74, 6) is 0.845. The highest BCUT2D eigenvalue weighted by Gasteiger charge is 2.04. The first-order valence-corrected chi connectivity index (χ1v) is 5.77. The average Bonchev–Trinajstić information content (AvgIpc) is 2.30. The number of halogens is 1. The van der Waals surface area contributed by atoms with Crippen LogP contribution in [-0.2, 0) is 6.61 Å². The molecule has 0 unspecified atom stereocenters. The first-order valence-electron chi connectivity index (χ1n) is 4.98. The van der Waals surface area contributed by atoms with E-state index in [1.807, 2.05) is 48.5 Å². The summed E-state index contributed by atoms with van der Waals surface area (Å²) < 4.78 is 6.62. The number of hydrogen-bond donors (Lipinski definition) is 1. The second-order valence-corrected chi connectivity index (χ2v) is 4.26. The van der Waals surface area contributed by atoms with Crippen molar-refractivity contribution in [1.82, 2.24) is 0 Å². The second-order valence-electron chi connectivity index (χ2n) is 3.41. The fourth-order valence-electron chi connectivity index (χ4n) is 1.40. The van der Waals surface area contributed by atoms with Gasteiger partial charge in [-0.15, -0.1) is 0 Å². The molecule has 2 N–H and O–H groups in total. The van der Waals surface area contributed by atoms with Crippen LogP contribution in [0.3, 0.4) is 0 Å². The van der Waals surface area contributed by atoms with E-state index in [9.17, 15) is 0 Å². The van der Waals surface area contributed by atoms with E-state index in [0.717, 1.165) is 21.5 Å². The Morgan fingerprint density at radius 3 is 2.44 bits per heavy atom. The van der Waals surface area contributed by atoms with E-state index >= 15 is 0 Å². The van der Waals surface area contributed by atoms with Crippen LogP contribution in [0.25, 0.3) is 0 Å². The maximum atomic E-state index is 5.88. The van der Waals surface area contributed by atoms with Gasteiger partial charge in [0.2, 0.25) is 0 Å². The molecule has 0 bridgehead atoms. The van der Waals surface area contributed by atoms with Crippen molar-refractivity contribution in [3.05, 3.63) is 58.6 Å². The SMILES string of the molecule is Nc1cccc(Br)c1COc1ccccc1. The van der Waals surface area contributed by atoms with Crippen molar-refractivity contribution in [2.45, 2.75) is 6.61 Å². The molecule has 2 nitrogen and oxygen atoms in total. The van der Waals surface area contributed by atoms with Gasteiger partial charge in [0.05, 0.1) is 0 Å². The molecule has 0 atom stereocenters. The highest BCUT2D eigenvalue weighted by molar-refractivity contribution is 9.10. The Morgan fingerprint density at radius 1 is 1.00 bits per heavy atom. The number of nitrogens with two attached hydrogens (primary N) is 1. The molecule has 2 rings (SSSR count). The molecule has 0 heterocycles. The lowest BCUT2D eigenvalue weighted by Gasteiger charge is -2.10. The van der Waals surface area contributed by atoms with Gasteiger partial charge in [0.25, 0.3) is 0 Å². The van der Waals surface area contributed by atoms with Gasteiger partial charge in [-0.05, 0) is 24.3 Å². The Labute approximate surface area is 103 Å². The van der Waals surface area contributed by atoms with Gasteiger partial charge in [0.15, 0.2) is 0 Å². The molecule has 0 fully saturated rings. The Morgan fingerprint density at radius 2 is 1.75 bits per heavy atom. The maximum Gasteiger partial charge on any atom is 0.119 e. The van der Waals surface area contributed by atoms with Gasteiger partial charge in [-0.3, -0.25) is 0 Å². The molecule has 2 aromatic carbocycles. The third-order valence-corrected chi connectivity index (χ3v) is 3.02. The van der Waals surface area contributed by atoms with E-state index in [1.54, 1.807) is 0 Å². The lowest BCUT2D eigenvalue weighted by molar-refractivity contribution is 0.306. The van der Waals surface area contributed by atoms with Crippen LogP contribution >= 0.6 is 15.9 Å². The molecule has 16 heavy (non-hydrogen) atoms. The predicted octanol–water partition coefficient (Wildman–Crippen LogP) is 3.61. The Balaban J connectivity index is 2.11. The molecule has 82 valence electrons. The average molecular weight is 278 g/mol. The van der Waals surface area contributed by atoms with Crippen LogP contribution in [-0.4, -0.2) is 0 Å². The molecule has 3 heteroatoms. The number of rotatable bonds is 3. The molecule has 0 saturated heterocycles. The summed E-state index contributed by atoms with van der Waals surface area (Å²) in [5.41, 5.74) is 7.59. The monoisotopic (exact) mass is 277 g/mol. The number of ether oxygens (including phenoxy) is 1. The number of anilines is 1. The third kappa shape index (κ3) is 2.55. The fraction of sp³-hybridized carbons (Fsp3) is 0.0769. The lowest BCUT2D eigenvalue weighted by Crippen LogP contribution is -2.01. The predicted molar refractivity (Wildman–Crippen MR) is 69.3 cm³/mol. The lowest BCUT2D eigenvalue weighted by atomic mass is 10.2. The van der Waals surface area contributed by atoms with Crippen LogP contribution in [0.15, 0.2) is 53.0 Å². The minimum atomic E-state index is 0.470. The molecular weight excluding hydrogens is 266 g/mol. The number of hydrogen-bond acceptors (Lipinski definition) is 2. The fourth-order valence-corrected chi connectivity index (χ4v) is 1.90. The zero-order valence-corrected chi connectivity index (χ0v) is 10.3. The van der Waals surface area contributed by atoms with Crippen molar-refractivity contribution in [3.8, 4) is 5.75 Å². The van der Waals surface area contributed by atoms with E-state index in [2.05, 4.69) is 15.9 Å². The molecule has 0 aromatic heterocycles. The zero-order chi connectivity index (χ0) is 11.4. The molecule has 0 radical (unpaired) electrons. The summed E-state index contributed by atoms with van der Waals surface area (Å²) in [6.45, 7) is 0.470. The summed E-state index contributed by atoms with van der Waals surface area (Å²) in [6.07, 6.45) is 0. The van der Waals surface area contributed by atoms with E-state index in [-0.39, 0.29) is 0 Å².